The quantitative estimate of drug-likeness (QED) is 0.641. The average molecular weight is 285 g/mol. The second kappa shape index (κ2) is 5.28. The third-order valence-corrected chi connectivity index (χ3v) is 2.36. The molecular weight excluding hydrogens is 278 g/mol. The summed E-state index contributed by atoms with van der Waals surface area (Å²) in [4.78, 5) is 15.7. The molecule has 0 fully saturated rings. The molecular formula is C13H7F4NO2. The van der Waals surface area contributed by atoms with Crippen molar-refractivity contribution >= 4 is 5.78 Å². The van der Waals surface area contributed by atoms with Crippen LogP contribution in [0.3, 0.4) is 0 Å². The van der Waals surface area contributed by atoms with Crippen molar-refractivity contribution in [3.63, 3.8) is 0 Å². The van der Waals surface area contributed by atoms with Gasteiger partial charge in [-0.05, 0) is 24.3 Å². The van der Waals surface area contributed by atoms with Gasteiger partial charge in [0.1, 0.15) is 0 Å². The van der Waals surface area contributed by atoms with Gasteiger partial charge in [0.25, 0.3) is 0 Å². The van der Waals surface area contributed by atoms with E-state index in [1.165, 1.54) is 24.5 Å². The lowest BCUT2D eigenvalue weighted by Gasteiger charge is -2.11. The van der Waals surface area contributed by atoms with Crippen LogP contribution in [0.1, 0.15) is 15.9 Å². The first-order valence-corrected chi connectivity index (χ1v) is 5.37. The first-order chi connectivity index (χ1) is 9.38. The third-order valence-electron chi connectivity index (χ3n) is 2.36. The van der Waals surface area contributed by atoms with Crippen LogP contribution >= 0.6 is 0 Å². The minimum absolute atomic E-state index is 0.0653. The maximum absolute atomic E-state index is 13.9. The molecule has 0 radical (unpaired) electrons. The summed E-state index contributed by atoms with van der Waals surface area (Å²) in [6, 6.07) is 5.82. The van der Waals surface area contributed by atoms with E-state index in [4.69, 9.17) is 0 Å². The third kappa shape index (κ3) is 3.11. The average Bonchev–Trinajstić information content (AvgIpc) is 2.40. The minimum atomic E-state index is -5.03. The van der Waals surface area contributed by atoms with Crippen molar-refractivity contribution < 1.29 is 27.1 Å². The molecule has 2 aromatic rings. The number of carbonyl (C=O) groups excluding carboxylic acids is 1. The van der Waals surface area contributed by atoms with Crippen LogP contribution in [0.15, 0.2) is 42.7 Å². The van der Waals surface area contributed by atoms with Crippen molar-refractivity contribution in [1.29, 1.82) is 0 Å². The van der Waals surface area contributed by atoms with Gasteiger partial charge in [0.05, 0.1) is 5.56 Å². The number of hydrogen-bond acceptors (Lipinski definition) is 3. The normalized spacial score (nSPS) is 11.2. The zero-order valence-corrected chi connectivity index (χ0v) is 9.82. The Hall–Kier alpha value is -2.44. The molecule has 104 valence electrons. The molecule has 3 nitrogen and oxygen atoms in total. The Bertz CT molecular complexity index is 626. The number of alkyl halides is 3. The molecule has 0 saturated carbocycles. The van der Waals surface area contributed by atoms with Crippen LogP contribution in [0, 0.1) is 5.82 Å². The van der Waals surface area contributed by atoms with E-state index in [0.29, 0.717) is 0 Å². The number of ketones is 1. The Labute approximate surface area is 110 Å². The highest BCUT2D eigenvalue weighted by Crippen LogP contribution is 2.28. The Morgan fingerprint density at radius 3 is 2.50 bits per heavy atom. The number of carbonyl (C=O) groups is 1. The molecule has 7 heteroatoms. The Balaban J connectivity index is 2.39. The van der Waals surface area contributed by atoms with E-state index >= 15 is 0 Å². The van der Waals surface area contributed by atoms with Crippen LogP contribution in [0.5, 0.6) is 5.75 Å². The molecule has 0 spiro atoms. The highest BCUT2D eigenvalue weighted by Gasteiger charge is 2.33. The Morgan fingerprint density at radius 1 is 1.15 bits per heavy atom. The fraction of sp³-hybridized carbons (Fsp3) is 0.0769. The lowest BCUT2D eigenvalue weighted by molar-refractivity contribution is -0.275. The van der Waals surface area contributed by atoms with E-state index < -0.39 is 29.3 Å². The highest BCUT2D eigenvalue weighted by atomic mass is 19.4. The predicted octanol–water partition coefficient (Wildman–Crippen LogP) is 3.35. The van der Waals surface area contributed by atoms with Crippen molar-refractivity contribution in [2.75, 3.05) is 0 Å². The summed E-state index contributed by atoms with van der Waals surface area (Å²) in [5.74, 6) is -3.19. The number of benzene rings is 1. The van der Waals surface area contributed by atoms with E-state index in [1.54, 1.807) is 0 Å². The van der Waals surface area contributed by atoms with Crippen molar-refractivity contribution in [2.24, 2.45) is 0 Å². The Kier molecular flexibility index (Phi) is 3.69. The fourth-order valence-electron chi connectivity index (χ4n) is 1.54. The number of ether oxygens (including phenoxy) is 1. The van der Waals surface area contributed by atoms with Gasteiger partial charge in [-0.3, -0.25) is 9.78 Å². The van der Waals surface area contributed by atoms with E-state index in [0.717, 1.165) is 18.2 Å². The van der Waals surface area contributed by atoms with Crippen LogP contribution in [0.25, 0.3) is 0 Å². The van der Waals surface area contributed by atoms with Gasteiger partial charge in [0.15, 0.2) is 17.3 Å². The number of aromatic nitrogens is 1. The molecule has 0 unspecified atom stereocenters. The lowest BCUT2D eigenvalue weighted by Crippen LogP contribution is -2.18. The van der Waals surface area contributed by atoms with E-state index in [2.05, 4.69) is 9.72 Å². The van der Waals surface area contributed by atoms with Gasteiger partial charge in [0.2, 0.25) is 0 Å². The predicted molar refractivity (Wildman–Crippen MR) is 60.8 cm³/mol. The second-order valence-electron chi connectivity index (χ2n) is 3.74. The first-order valence-electron chi connectivity index (χ1n) is 5.37. The summed E-state index contributed by atoms with van der Waals surface area (Å²) >= 11 is 0. The number of pyridine rings is 1. The molecule has 0 bridgehead atoms. The number of rotatable bonds is 3. The van der Waals surface area contributed by atoms with E-state index in [1.807, 2.05) is 0 Å². The van der Waals surface area contributed by atoms with Gasteiger partial charge in [-0.25, -0.2) is 4.39 Å². The molecule has 20 heavy (non-hydrogen) atoms. The van der Waals surface area contributed by atoms with Gasteiger partial charge >= 0.3 is 6.36 Å². The highest BCUT2D eigenvalue weighted by molar-refractivity contribution is 6.09. The maximum Gasteiger partial charge on any atom is 0.573 e. The van der Waals surface area contributed by atoms with Crippen LogP contribution < -0.4 is 4.74 Å². The fourth-order valence-corrected chi connectivity index (χ4v) is 1.54. The monoisotopic (exact) mass is 285 g/mol. The Morgan fingerprint density at radius 2 is 1.90 bits per heavy atom. The smallest absolute Gasteiger partial charge is 0.403 e. The topological polar surface area (TPSA) is 39.2 Å². The van der Waals surface area contributed by atoms with E-state index in [-0.39, 0.29) is 5.56 Å². The molecule has 0 N–H and O–H groups in total. The molecule has 1 aromatic heterocycles. The molecule has 1 heterocycles. The van der Waals surface area contributed by atoms with Crippen molar-refractivity contribution in [3.05, 3.63) is 59.7 Å². The molecule has 0 aliphatic heterocycles. The van der Waals surface area contributed by atoms with Crippen molar-refractivity contribution in [1.82, 2.24) is 4.98 Å². The molecule has 0 atom stereocenters. The number of nitrogens with zero attached hydrogens (tertiary/aromatic N) is 1. The number of halogens is 4. The molecule has 1 aromatic carbocycles. The van der Waals surface area contributed by atoms with Gasteiger partial charge < -0.3 is 4.74 Å². The standard InChI is InChI=1S/C13H7F4NO2/c14-11-9(12(19)8-3-2-6-18-7-8)4-1-5-10(11)20-13(15,16)17/h1-7H. The number of hydrogen-bond donors (Lipinski definition) is 0. The van der Waals surface area contributed by atoms with Crippen molar-refractivity contribution in [2.45, 2.75) is 6.36 Å². The second-order valence-corrected chi connectivity index (χ2v) is 3.74. The van der Waals surface area contributed by atoms with Gasteiger partial charge in [-0.1, -0.05) is 6.07 Å². The first kappa shape index (κ1) is 14.0. The lowest BCUT2D eigenvalue weighted by atomic mass is 10.0. The van der Waals surface area contributed by atoms with E-state index in [9.17, 15) is 22.4 Å². The summed E-state index contributed by atoms with van der Waals surface area (Å²) in [6.07, 6.45) is -2.42. The maximum atomic E-state index is 13.9. The summed E-state index contributed by atoms with van der Waals surface area (Å²) in [7, 11) is 0. The van der Waals surface area contributed by atoms with Gasteiger partial charge in [-0.2, -0.15) is 0 Å². The largest absolute Gasteiger partial charge is 0.573 e. The molecule has 2 rings (SSSR count). The van der Waals surface area contributed by atoms with Gasteiger partial charge in [0, 0.05) is 18.0 Å². The zero-order chi connectivity index (χ0) is 14.8. The summed E-state index contributed by atoms with van der Waals surface area (Å²) in [5.41, 5.74) is -0.449. The molecule has 0 aliphatic carbocycles. The summed E-state index contributed by atoms with van der Waals surface area (Å²) < 4.78 is 53.7. The molecule has 0 aliphatic rings. The van der Waals surface area contributed by atoms with Crippen LogP contribution in [0.2, 0.25) is 0 Å². The molecule has 0 saturated heterocycles. The van der Waals surface area contributed by atoms with Gasteiger partial charge in [-0.15, -0.1) is 13.2 Å². The molecule has 0 amide bonds. The van der Waals surface area contributed by atoms with Crippen molar-refractivity contribution in [3.8, 4) is 5.75 Å². The SMILES string of the molecule is O=C(c1cccnc1)c1cccc(OC(F)(F)F)c1F. The summed E-state index contributed by atoms with van der Waals surface area (Å²) in [6.45, 7) is 0. The van der Waals surface area contributed by atoms with Crippen LogP contribution in [0.4, 0.5) is 17.6 Å². The zero-order valence-electron chi connectivity index (χ0n) is 9.82. The minimum Gasteiger partial charge on any atom is -0.403 e. The van der Waals surface area contributed by atoms with Crippen LogP contribution in [-0.4, -0.2) is 17.1 Å². The van der Waals surface area contributed by atoms with Crippen LogP contribution in [-0.2, 0) is 0 Å². The summed E-state index contributed by atoms with van der Waals surface area (Å²) in [5, 5.41) is 0.